The van der Waals surface area contributed by atoms with Crippen LogP contribution in [0, 0.1) is 0 Å². The molecule has 0 spiro atoms. The number of hydrogen-bond acceptors (Lipinski definition) is 5. The topological polar surface area (TPSA) is 95.5 Å². The Morgan fingerprint density at radius 3 is 2.00 bits per heavy atom. The molecule has 1 aliphatic heterocycles. The lowest BCUT2D eigenvalue weighted by atomic mass is 10.3. The second-order valence-electron chi connectivity index (χ2n) is 1.79. The molecule has 0 aromatic carbocycles. The Hall–Kier alpha value is -1.08. The second kappa shape index (κ2) is 2.89. The quantitative estimate of drug-likeness (QED) is 0.349. The SMILES string of the molecule is O=C1NC(=O)C(SO)C(=O)N1. The summed E-state index contributed by atoms with van der Waals surface area (Å²) in [7, 11) is 0. The largest absolute Gasteiger partial charge is 0.329 e. The van der Waals surface area contributed by atoms with Gasteiger partial charge in [0.2, 0.25) is 0 Å². The maximum atomic E-state index is 10.7. The molecule has 0 saturated carbocycles. The van der Waals surface area contributed by atoms with Crippen molar-refractivity contribution in [2.24, 2.45) is 0 Å². The Kier molecular flexibility index (Phi) is 2.11. The Bertz CT molecular complexity index is 208. The predicted octanol–water partition coefficient (Wildman–Crippen LogP) is -1.07. The molecule has 0 aliphatic carbocycles. The minimum atomic E-state index is -1.24. The van der Waals surface area contributed by atoms with Gasteiger partial charge in [-0.15, -0.1) is 0 Å². The highest BCUT2D eigenvalue weighted by Crippen LogP contribution is 2.08. The highest BCUT2D eigenvalue weighted by Gasteiger charge is 2.34. The Morgan fingerprint density at radius 1 is 1.18 bits per heavy atom. The molecule has 0 radical (unpaired) electrons. The van der Waals surface area contributed by atoms with Crippen molar-refractivity contribution in [2.75, 3.05) is 0 Å². The Balaban J connectivity index is 2.74. The van der Waals surface area contributed by atoms with Crippen molar-refractivity contribution in [1.29, 1.82) is 0 Å². The first-order chi connectivity index (χ1) is 5.15. The predicted molar refractivity (Wildman–Crippen MR) is 35.7 cm³/mol. The second-order valence-corrected chi connectivity index (χ2v) is 2.48. The maximum absolute atomic E-state index is 10.7. The molecule has 0 aromatic rings. The van der Waals surface area contributed by atoms with E-state index in [2.05, 4.69) is 0 Å². The van der Waals surface area contributed by atoms with Crippen LogP contribution >= 0.6 is 12.0 Å². The molecule has 4 amide bonds. The summed E-state index contributed by atoms with van der Waals surface area (Å²) in [5.74, 6) is -1.60. The van der Waals surface area contributed by atoms with Crippen LogP contribution in [0.1, 0.15) is 0 Å². The number of rotatable bonds is 1. The van der Waals surface area contributed by atoms with E-state index >= 15 is 0 Å². The monoisotopic (exact) mass is 176 g/mol. The first-order valence-corrected chi connectivity index (χ1v) is 3.44. The standard InChI is InChI=1S/C4H4N2O4S/c7-2-1(11-10)3(8)6-4(9)5-2/h1,10H,(H2,5,6,7,8,9). The number of urea groups is 1. The zero-order valence-corrected chi connectivity index (χ0v) is 5.97. The van der Waals surface area contributed by atoms with E-state index in [1.807, 2.05) is 10.6 Å². The molecule has 6 nitrogen and oxygen atoms in total. The van der Waals surface area contributed by atoms with Crippen LogP contribution in [0.2, 0.25) is 0 Å². The number of barbiturate groups is 1. The van der Waals surface area contributed by atoms with Gasteiger partial charge in [-0.25, -0.2) is 4.79 Å². The molecular weight excluding hydrogens is 172 g/mol. The van der Waals surface area contributed by atoms with Crippen LogP contribution in [0.3, 0.4) is 0 Å². The van der Waals surface area contributed by atoms with Crippen molar-refractivity contribution in [2.45, 2.75) is 5.25 Å². The summed E-state index contributed by atoms with van der Waals surface area (Å²) in [4.78, 5) is 31.7. The molecule has 7 heteroatoms. The average molecular weight is 176 g/mol. The molecule has 0 bridgehead atoms. The van der Waals surface area contributed by atoms with E-state index in [1.54, 1.807) is 0 Å². The summed E-state index contributed by atoms with van der Waals surface area (Å²) in [6.45, 7) is 0. The fourth-order valence-electron chi connectivity index (χ4n) is 0.601. The molecule has 1 rings (SSSR count). The molecule has 1 heterocycles. The van der Waals surface area contributed by atoms with Crippen molar-refractivity contribution >= 4 is 29.9 Å². The fraction of sp³-hybridized carbons (Fsp3) is 0.250. The molecule has 60 valence electrons. The van der Waals surface area contributed by atoms with Crippen LogP contribution in [0.15, 0.2) is 0 Å². The van der Waals surface area contributed by atoms with Gasteiger partial charge in [0.25, 0.3) is 11.8 Å². The van der Waals surface area contributed by atoms with Gasteiger partial charge in [0.15, 0.2) is 5.25 Å². The molecule has 1 fully saturated rings. The van der Waals surface area contributed by atoms with Crippen molar-refractivity contribution in [3.05, 3.63) is 0 Å². The van der Waals surface area contributed by atoms with Crippen LogP contribution < -0.4 is 10.6 Å². The third kappa shape index (κ3) is 1.49. The van der Waals surface area contributed by atoms with Crippen LogP contribution in [0.25, 0.3) is 0 Å². The lowest BCUT2D eigenvalue weighted by molar-refractivity contribution is -0.129. The molecule has 3 N–H and O–H groups in total. The number of amides is 4. The smallest absolute Gasteiger partial charge is 0.328 e. The lowest BCUT2D eigenvalue weighted by Crippen LogP contribution is -2.57. The van der Waals surface area contributed by atoms with Crippen molar-refractivity contribution in [3.8, 4) is 0 Å². The van der Waals surface area contributed by atoms with Crippen molar-refractivity contribution in [3.63, 3.8) is 0 Å². The molecule has 0 unspecified atom stereocenters. The van der Waals surface area contributed by atoms with E-state index < -0.39 is 23.1 Å². The van der Waals surface area contributed by atoms with Crippen molar-refractivity contribution in [1.82, 2.24) is 10.6 Å². The number of hydrogen-bond donors (Lipinski definition) is 3. The van der Waals surface area contributed by atoms with Gasteiger partial charge in [0.05, 0.1) is 0 Å². The van der Waals surface area contributed by atoms with E-state index in [9.17, 15) is 14.4 Å². The van der Waals surface area contributed by atoms with Crippen LogP contribution in [-0.2, 0) is 9.59 Å². The van der Waals surface area contributed by atoms with E-state index in [0.717, 1.165) is 0 Å². The fourth-order valence-corrected chi connectivity index (χ4v) is 0.910. The van der Waals surface area contributed by atoms with Gasteiger partial charge in [0.1, 0.15) is 0 Å². The summed E-state index contributed by atoms with van der Waals surface area (Å²) in [6.07, 6.45) is 0. The summed E-state index contributed by atoms with van der Waals surface area (Å²) in [5, 5.41) is 2.40. The third-order valence-corrected chi connectivity index (χ3v) is 1.69. The Morgan fingerprint density at radius 2 is 1.64 bits per heavy atom. The van der Waals surface area contributed by atoms with E-state index in [1.165, 1.54) is 0 Å². The van der Waals surface area contributed by atoms with Gasteiger partial charge in [-0.2, -0.15) is 0 Å². The van der Waals surface area contributed by atoms with Gasteiger partial charge in [-0.05, 0) is 0 Å². The first kappa shape index (κ1) is 8.02. The zero-order chi connectivity index (χ0) is 8.43. The van der Waals surface area contributed by atoms with E-state index in [0.29, 0.717) is 0 Å². The summed E-state index contributed by atoms with van der Waals surface area (Å²) in [6, 6.07) is -0.856. The minimum absolute atomic E-state index is 0.0877. The Labute approximate surface area is 65.5 Å². The van der Waals surface area contributed by atoms with Crippen LogP contribution in [-0.4, -0.2) is 27.6 Å². The molecule has 1 aliphatic rings. The third-order valence-electron chi connectivity index (χ3n) is 1.06. The van der Waals surface area contributed by atoms with Crippen LogP contribution in [0.5, 0.6) is 0 Å². The van der Waals surface area contributed by atoms with Gasteiger partial charge in [0, 0.05) is 12.0 Å². The molecule has 0 atom stereocenters. The summed E-state index contributed by atoms with van der Waals surface area (Å²) < 4.78 is 8.40. The summed E-state index contributed by atoms with van der Waals surface area (Å²) in [5.41, 5.74) is 0. The lowest BCUT2D eigenvalue weighted by Gasteiger charge is -2.16. The van der Waals surface area contributed by atoms with Gasteiger partial charge < -0.3 is 4.55 Å². The molecular formula is C4H4N2O4S. The zero-order valence-electron chi connectivity index (χ0n) is 5.16. The maximum Gasteiger partial charge on any atom is 0.328 e. The molecule has 11 heavy (non-hydrogen) atoms. The number of nitrogens with one attached hydrogen (secondary N) is 2. The highest BCUT2D eigenvalue weighted by molar-refractivity contribution is 7.96. The molecule has 1 saturated heterocycles. The summed E-state index contributed by atoms with van der Waals surface area (Å²) >= 11 is 0.0877. The van der Waals surface area contributed by atoms with Gasteiger partial charge in [-0.1, -0.05) is 0 Å². The van der Waals surface area contributed by atoms with Crippen LogP contribution in [0.4, 0.5) is 4.79 Å². The highest BCUT2D eigenvalue weighted by atomic mass is 32.2. The van der Waals surface area contributed by atoms with Crippen molar-refractivity contribution < 1.29 is 18.9 Å². The number of carbonyl (C=O) groups excluding carboxylic acids is 3. The normalized spacial score (nSPS) is 19.5. The number of carbonyl (C=O) groups is 3. The average Bonchev–Trinajstić information content (AvgIpc) is 1.85. The number of imide groups is 2. The first-order valence-electron chi connectivity index (χ1n) is 2.61. The minimum Gasteiger partial charge on any atom is -0.329 e. The van der Waals surface area contributed by atoms with Gasteiger partial charge >= 0.3 is 6.03 Å². The van der Waals surface area contributed by atoms with E-state index in [-0.39, 0.29) is 12.0 Å². The van der Waals surface area contributed by atoms with E-state index in [4.69, 9.17) is 4.55 Å². The van der Waals surface area contributed by atoms with Gasteiger partial charge in [-0.3, -0.25) is 20.2 Å². The molecule has 0 aromatic heterocycles.